The quantitative estimate of drug-likeness (QED) is 0.632. The summed E-state index contributed by atoms with van der Waals surface area (Å²) in [4.78, 5) is 28.9. The summed E-state index contributed by atoms with van der Waals surface area (Å²) in [6.07, 6.45) is 3.90. The number of Topliss-reactive ketones (excluding diaryl/α,β-unsaturated/α-hetero) is 1. The van der Waals surface area contributed by atoms with Crippen molar-refractivity contribution in [2.24, 2.45) is 0 Å². The van der Waals surface area contributed by atoms with Crippen molar-refractivity contribution in [3.05, 3.63) is 69.8 Å². The Morgan fingerprint density at radius 3 is 2.64 bits per heavy atom. The van der Waals surface area contributed by atoms with Crippen LogP contribution in [0, 0.1) is 0 Å². The van der Waals surface area contributed by atoms with Crippen molar-refractivity contribution < 1.29 is 19.1 Å². The number of aliphatic hydroxyl groups is 1. The molecule has 1 fully saturated rings. The van der Waals surface area contributed by atoms with Crippen LogP contribution in [0.2, 0.25) is 0 Å². The van der Waals surface area contributed by atoms with E-state index in [9.17, 15) is 14.7 Å². The Morgan fingerprint density at radius 2 is 1.93 bits per heavy atom. The van der Waals surface area contributed by atoms with Crippen LogP contribution in [0.15, 0.2) is 63.6 Å². The van der Waals surface area contributed by atoms with Gasteiger partial charge in [-0.2, -0.15) is 0 Å². The number of thiophene rings is 1. The zero-order valence-corrected chi connectivity index (χ0v) is 15.9. The van der Waals surface area contributed by atoms with Gasteiger partial charge in [-0.15, -0.1) is 11.3 Å². The van der Waals surface area contributed by atoms with Gasteiger partial charge in [-0.05, 0) is 36.4 Å². The largest absolute Gasteiger partial charge is 0.503 e. The fourth-order valence-electron chi connectivity index (χ4n) is 4.37. The van der Waals surface area contributed by atoms with Gasteiger partial charge in [0.25, 0.3) is 5.91 Å². The van der Waals surface area contributed by atoms with E-state index in [0.29, 0.717) is 5.58 Å². The molecule has 0 spiro atoms. The van der Waals surface area contributed by atoms with E-state index in [2.05, 4.69) is 0 Å². The number of rotatable bonds is 4. The Bertz CT molecular complexity index is 1060. The van der Waals surface area contributed by atoms with E-state index < -0.39 is 23.5 Å². The van der Waals surface area contributed by atoms with Crippen molar-refractivity contribution in [3.63, 3.8) is 0 Å². The first kappa shape index (κ1) is 17.3. The molecule has 1 aliphatic carbocycles. The van der Waals surface area contributed by atoms with E-state index in [1.807, 2.05) is 35.7 Å². The molecular weight excluding hydrogens is 374 g/mol. The lowest BCUT2D eigenvalue weighted by Gasteiger charge is -2.31. The van der Waals surface area contributed by atoms with E-state index in [1.54, 1.807) is 17.0 Å². The predicted octanol–water partition coefficient (Wildman–Crippen LogP) is 5.02. The monoisotopic (exact) mass is 393 g/mol. The van der Waals surface area contributed by atoms with Gasteiger partial charge in [0, 0.05) is 16.3 Å². The molecule has 1 amide bonds. The van der Waals surface area contributed by atoms with Crippen molar-refractivity contribution in [1.29, 1.82) is 0 Å². The Labute approximate surface area is 165 Å². The van der Waals surface area contributed by atoms with Crippen molar-refractivity contribution in [3.8, 4) is 0 Å². The third-order valence-corrected chi connectivity index (χ3v) is 6.59. The van der Waals surface area contributed by atoms with Gasteiger partial charge in [0.15, 0.2) is 11.5 Å². The molecule has 1 unspecified atom stereocenters. The zero-order valence-electron chi connectivity index (χ0n) is 15.1. The second-order valence-corrected chi connectivity index (χ2v) is 8.29. The maximum Gasteiger partial charge on any atom is 0.290 e. The van der Waals surface area contributed by atoms with E-state index >= 15 is 0 Å². The van der Waals surface area contributed by atoms with Gasteiger partial charge >= 0.3 is 0 Å². The molecule has 1 saturated carbocycles. The Morgan fingerprint density at radius 1 is 1.14 bits per heavy atom. The van der Waals surface area contributed by atoms with Crippen molar-refractivity contribution in [2.75, 3.05) is 0 Å². The molecule has 1 aromatic carbocycles. The van der Waals surface area contributed by atoms with Crippen LogP contribution in [0.1, 0.15) is 47.2 Å². The van der Waals surface area contributed by atoms with Gasteiger partial charge in [0.1, 0.15) is 11.6 Å². The van der Waals surface area contributed by atoms with Gasteiger partial charge in [0.2, 0.25) is 5.78 Å². The number of aliphatic hydroxyl groups excluding tert-OH is 1. The lowest BCUT2D eigenvalue weighted by atomic mass is 9.99. The van der Waals surface area contributed by atoms with Crippen LogP contribution in [0.25, 0.3) is 11.0 Å². The van der Waals surface area contributed by atoms with Crippen LogP contribution in [-0.4, -0.2) is 27.7 Å². The first-order chi connectivity index (χ1) is 13.6. The summed E-state index contributed by atoms with van der Waals surface area (Å²) in [5.74, 6) is -1.19. The Kier molecular flexibility index (Phi) is 4.09. The van der Waals surface area contributed by atoms with Gasteiger partial charge in [0.05, 0.1) is 5.57 Å². The number of benzene rings is 1. The van der Waals surface area contributed by atoms with Crippen LogP contribution < -0.4 is 0 Å². The van der Waals surface area contributed by atoms with Gasteiger partial charge in [-0.3, -0.25) is 9.59 Å². The first-order valence-electron chi connectivity index (χ1n) is 9.47. The molecule has 5 rings (SSSR count). The average Bonchev–Trinajstić information content (AvgIpc) is 3.49. The smallest absolute Gasteiger partial charge is 0.290 e. The van der Waals surface area contributed by atoms with Gasteiger partial charge in [-0.25, -0.2) is 0 Å². The average molecular weight is 393 g/mol. The van der Waals surface area contributed by atoms with E-state index in [4.69, 9.17) is 4.42 Å². The molecule has 3 aromatic rings. The molecule has 28 heavy (non-hydrogen) atoms. The molecular formula is C22H19NO4S. The molecule has 1 atom stereocenters. The summed E-state index contributed by atoms with van der Waals surface area (Å²) < 4.78 is 5.73. The number of carbonyl (C=O) groups is 2. The topological polar surface area (TPSA) is 70.8 Å². The first-order valence-corrected chi connectivity index (χ1v) is 10.4. The lowest BCUT2D eigenvalue weighted by Crippen LogP contribution is -2.38. The highest BCUT2D eigenvalue weighted by Gasteiger charge is 2.48. The third kappa shape index (κ3) is 2.59. The minimum Gasteiger partial charge on any atom is -0.503 e. The van der Waals surface area contributed by atoms with E-state index in [-0.39, 0.29) is 17.4 Å². The summed E-state index contributed by atoms with van der Waals surface area (Å²) in [6.45, 7) is 0. The van der Waals surface area contributed by atoms with Crippen molar-refractivity contribution >= 4 is 34.0 Å². The molecule has 0 radical (unpaired) electrons. The van der Waals surface area contributed by atoms with Crippen molar-refractivity contribution in [2.45, 2.75) is 37.8 Å². The Balaban J connectivity index is 1.60. The van der Waals surface area contributed by atoms with E-state index in [1.165, 1.54) is 11.3 Å². The zero-order chi connectivity index (χ0) is 19.3. The summed E-state index contributed by atoms with van der Waals surface area (Å²) in [7, 11) is 0. The minimum absolute atomic E-state index is 0.0442. The number of fused-ring (bicyclic) bond motifs is 1. The molecule has 6 heteroatoms. The number of hydrogen-bond donors (Lipinski definition) is 1. The second kappa shape index (κ2) is 6.63. The highest BCUT2D eigenvalue weighted by Crippen LogP contribution is 2.44. The normalized spacial score (nSPS) is 20.6. The SMILES string of the molecule is O=C(C1=C(O)C(=O)N(C2CCCC2)C1c1cccs1)c1cc2ccccc2o1. The molecule has 0 saturated heterocycles. The lowest BCUT2D eigenvalue weighted by molar-refractivity contribution is -0.131. The van der Waals surface area contributed by atoms with Crippen LogP contribution in [0.3, 0.4) is 0 Å². The maximum atomic E-state index is 13.4. The minimum atomic E-state index is -0.559. The van der Waals surface area contributed by atoms with Crippen LogP contribution in [0.4, 0.5) is 0 Å². The molecule has 1 N–H and O–H groups in total. The summed E-state index contributed by atoms with van der Waals surface area (Å²) >= 11 is 1.49. The fourth-order valence-corrected chi connectivity index (χ4v) is 5.20. The molecule has 1 aliphatic heterocycles. The van der Waals surface area contributed by atoms with Crippen molar-refractivity contribution in [1.82, 2.24) is 4.90 Å². The van der Waals surface area contributed by atoms with Gasteiger partial charge in [-0.1, -0.05) is 37.1 Å². The predicted molar refractivity (Wildman–Crippen MR) is 106 cm³/mol. The highest BCUT2D eigenvalue weighted by molar-refractivity contribution is 7.10. The van der Waals surface area contributed by atoms with Crippen LogP contribution >= 0.6 is 11.3 Å². The number of furan rings is 1. The summed E-state index contributed by atoms with van der Waals surface area (Å²) in [5, 5.41) is 13.4. The number of hydrogen-bond acceptors (Lipinski definition) is 5. The standard InChI is InChI=1S/C22H19NO4S/c24-20(16-12-13-6-1-4-9-15(13)27-16)18-19(17-10-5-11-28-17)23(22(26)21(18)25)14-7-2-3-8-14/h1,4-6,9-12,14,19,25H,2-3,7-8H2. The number of carbonyl (C=O) groups excluding carboxylic acids is 2. The van der Waals surface area contributed by atoms with E-state index in [0.717, 1.165) is 35.9 Å². The molecule has 2 aliphatic rings. The Hall–Kier alpha value is -2.86. The van der Waals surface area contributed by atoms with Gasteiger partial charge < -0.3 is 14.4 Å². The molecule has 2 aromatic heterocycles. The van der Waals surface area contributed by atoms with Crippen LogP contribution in [-0.2, 0) is 4.79 Å². The summed E-state index contributed by atoms with van der Waals surface area (Å²) in [5.41, 5.74) is 0.731. The number of nitrogens with zero attached hydrogens (tertiary/aromatic N) is 1. The molecule has 142 valence electrons. The van der Waals surface area contributed by atoms with Crippen LogP contribution in [0.5, 0.6) is 0 Å². The number of amides is 1. The third-order valence-electron chi connectivity index (χ3n) is 5.67. The number of para-hydroxylation sites is 1. The second-order valence-electron chi connectivity index (χ2n) is 7.31. The highest BCUT2D eigenvalue weighted by atomic mass is 32.1. The molecule has 0 bridgehead atoms. The number of ketones is 1. The maximum absolute atomic E-state index is 13.4. The summed E-state index contributed by atoms with van der Waals surface area (Å²) in [6, 6.07) is 12.3. The molecule has 3 heterocycles. The molecule has 5 nitrogen and oxygen atoms in total. The fraction of sp³-hybridized carbons (Fsp3) is 0.273.